The highest BCUT2D eigenvalue weighted by Gasteiger charge is 2.20. The van der Waals surface area contributed by atoms with Gasteiger partial charge in [-0.05, 0) is 23.8 Å². The van der Waals surface area contributed by atoms with Crippen LogP contribution in [-0.2, 0) is 0 Å². The maximum atomic E-state index is 12.8. The van der Waals surface area contributed by atoms with Crippen LogP contribution < -0.4 is 5.73 Å². The number of nitrogen functional groups attached to an aromatic ring is 1. The van der Waals surface area contributed by atoms with E-state index in [2.05, 4.69) is 0 Å². The lowest BCUT2D eigenvalue weighted by Gasteiger charge is -2.13. The standard InChI is InChI=1S/C22H19NO2/c1-15(21(24)19-12-5-6-13-20(19)23)17-10-7-11-18(14-17)22(25)16-8-3-2-4-9-16/h2-15H,23H2,1H3. The van der Waals surface area contributed by atoms with Crippen molar-refractivity contribution in [2.75, 3.05) is 5.73 Å². The molecule has 0 spiro atoms. The molecule has 0 aliphatic heterocycles. The Morgan fingerprint density at radius 2 is 1.44 bits per heavy atom. The number of rotatable bonds is 5. The van der Waals surface area contributed by atoms with E-state index >= 15 is 0 Å². The lowest BCUT2D eigenvalue weighted by atomic mass is 9.89. The van der Waals surface area contributed by atoms with E-state index in [9.17, 15) is 9.59 Å². The summed E-state index contributed by atoms with van der Waals surface area (Å²) in [6.45, 7) is 1.83. The number of carbonyl (C=O) groups excluding carboxylic acids is 2. The fourth-order valence-corrected chi connectivity index (χ4v) is 2.81. The van der Waals surface area contributed by atoms with Crippen LogP contribution in [0.4, 0.5) is 5.69 Å². The quantitative estimate of drug-likeness (QED) is 0.554. The summed E-state index contributed by atoms with van der Waals surface area (Å²) in [5, 5.41) is 0. The number of ketones is 2. The monoisotopic (exact) mass is 329 g/mol. The molecule has 0 heterocycles. The second-order valence-electron chi connectivity index (χ2n) is 5.99. The van der Waals surface area contributed by atoms with Gasteiger partial charge >= 0.3 is 0 Å². The number of anilines is 1. The molecule has 3 aromatic carbocycles. The fourth-order valence-electron chi connectivity index (χ4n) is 2.81. The molecule has 25 heavy (non-hydrogen) atoms. The molecule has 3 rings (SSSR count). The molecule has 1 unspecified atom stereocenters. The molecular weight excluding hydrogens is 310 g/mol. The molecule has 3 aromatic rings. The van der Waals surface area contributed by atoms with E-state index in [1.165, 1.54) is 0 Å². The number of Topliss-reactive ketones (excluding diaryl/α,β-unsaturated/α-hetero) is 1. The van der Waals surface area contributed by atoms with Gasteiger partial charge in [0.2, 0.25) is 0 Å². The zero-order valence-electron chi connectivity index (χ0n) is 14.0. The van der Waals surface area contributed by atoms with Crippen molar-refractivity contribution in [1.29, 1.82) is 0 Å². The van der Waals surface area contributed by atoms with E-state index in [-0.39, 0.29) is 17.5 Å². The summed E-state index contributed by atoms with van der Waals surface area (Å²) in [5.41, 5.74) is 8.90. The van der Waals surface area contributed by atoms with Crippen molar-refractivity contribution in [1.82, 2.24) is 0 Å². The van der Waals surface area contributed by atoms with Crippen molar-refractivity contribution < 1.29 is 9.59 Å². The molecule has 0 radical (unpaired) electrons. The molecule has 0 aliphatic carbocycles. The summed E-state index contributed by atoms with van der Waals surface area (Å²) >= 11 is 0. The van der Waals surface area contributed by atoms with Crippen LogP contribution in [0, 0.1) is 0 Å². The van der Waals surface area contributed by atoms with Crippen LogP contribution in [0.25, 0.3) is 0 Å². The third kappa shape index (κ3) is 3.50. The van der Waals surface area contributed by atoms with Crippen molar-refractivity contribution in [3.63, 3.8) is 0 Å². The van der Waals surface area contributed by atoms with Crippen LogP contribution in [0.2, 0.25) is 0 Å². The average Bonchev–Trinajstić information content (AvgIpc) is 2.67. The Hall–Kier alpha value is -3.20. The first-order valence-electron chi connectivity index (χ1n) is 8.16. The van der Waals surface area contributed by atoms with Crippen LogP contribution in [0.3, 0.4) is 0 Å². The number of nitrogens with two attached hydrogens (primary N) is 1. The van der Waals surface area contributed by atoms with Crippen molar-refractivity contribution in [2.24, 2.45) is 0 Å². The Kier molecular flexibility index (Phi) is 4.75. The molecular formula is C22H19NO2. The van der Waals surface area contributed by atoms with Gasteiger partial charge in [-0.25, -0.2) is 0 Å². The third-order valence-corrected chi connectivity index (χ3v) is 4.30. The molecule has 0 saturated carbocycles. The van der Waals surface area contributed by atoms with Crippen molar-refractivity contribution in [2.45, 2.75) is 12.8 Å². The third-order valence-electron chi connectivity index (χ3n) is 4.30. The van der Waals surface area contributed by atoms with Gasteiger partial charge in [-0.1, -0.05) is 67.6 Å². The second-order valence-corrected chi connectivity index (χ2v) is 5.99. The summed E-state index contributed by atoms with van der Waals surface area (Å²) < 4.78 is 0. The minimum atomic E-state index is -0.381. The summed E-state index contributed by atoms with van der Waals surface area (Å²) in [7, 11) is 0. The molecule has 3 heteroatoms. The Bertz CT molecular complexity index is 916. The number of hydrogen-bond donors (Lipinski definition) is 1. The highest BCUT2D eigenvalue weighted by atomic mass is 16.1. The zero-order chi connectivity index (χ0) is 17.8. The van der Waals surface area contributed by atoms with Gasteiger partial charge < -0.3 is 5.73 Å². The summed E-state index contributed by atoms with van der Waals surface area (Å²) in [5.74, 6) is -0.489. The van der Waals surface area contributed by atoms with Crippen LogP contribution in [0.1, 0.15) is 44.7 Å². The Morgan fingerprint density at radius 3 is 2.16 bits per heavy atom. The van der Waals surface area contributed by atoms with Gasteiger partial charge in [-0.2, -0.15) is 0 Å². The highest BCUT2D eigenvalue weighted by molar-refractivity contribution is 6.09. The van der Waals surface area contributed by atoms with E-state index in [1.54, 1.807) is 48.5 Å². The van der Waals surface area contributed by atoms with Gasteiger partial charge in [0.05, 0.1) is 0 Å². The topological polar surface area (TPSA) is 60.2 Å². The van der Waals surface area contributed by atoms with E-state index < -0.39 is 0 Å². The molecule has 0 saturated heterocycles. The van der Waals surface area contributed by atoms with Crippen LogP contribution >= 0.6 is 0 Å². The molecule has 0 fully saturated rings. The minimum absolute atomic E-state index is 0.0533. The van der Waals surface area contributed by atoms with Crippen molar-refractivity contribution in [3.05, 3.63) is 101 Å². The van der Waals surface area contributed by atoms with Crippen LogP contribution in [0.5, 0.6) is 0 Å². The molecule has 0 aromatic heterocycles. The molecule has 1 atom stereocenters. The molecule has 0 bridgehead atoms. The van der Waals surface area contributed by atoms with Gasteiger partial charge in [0, 0.05) is 28.3 Å². The predicted molar refractivity (Wildman–Crippen MR) is 99.9 cm³/mol. The SMILES string of the molecule is CC(C(=O)c1ccccc1N)c1cccc(C(=O)c2ccccc2)c1. The lowest BCUT2D eigenvalue weighted by Crippen LogP contribution is -2.12. The summed E-state index contributed by atoms with van der Waals surface area (Å²) in [4.78, 5) is 25.4. The smallest absolute Gasteiger partial charge is 0.193 e. The highest BCUT2D eigenvalue weighted by Crippen LogP contribution is 2.25. The first kappa shape index (κ1) is 16.7. The Balaban J connectivity index is 1.90. The largest absolute Gasteiger partial charge is 0.398 e. The van der Waals surface area contributed by atoms with Gasteiger partial charge in [0.15, 0.2) is 11.6 Å². The first-order chi connectivity index (χ1) is 12.1. The van der Waals surface area contributed by atoms with E-state index in [0.29, 0.717) is 22.4 Å². The van der Waals surface area contributed by atoms with Gasteiger partial charge in [0.1, 0.15) is 0 Å². The predicted octanol–water partition coefficient (Wildman–Crippen LogP) is 4.49. The zero-order valence-corrected chi connectivity index (χ0v) is 14.0. The molecule has 124 valence electrons. The van der Waals surface area contributed by atoms with E-state index in [1.807, 2.05) is 37.3 Å². The number of benzene rings is 3. The Morgan fingerprint density at radius 1 is 0.800 bits per heavy atom. The minimum Gasteiger partial charge on any atom is -0.398 e. The van der Waals surface area contributed by atoms with Crippen LogP contribution in [0.15, 0.2) is 78.9 Å². The maximum Gasteiger partial charge on any atom is 0.193 e. The van der Waals surface area contributed by atoms with E-state index in [4.69, 9.17) is 5.73 Å². The van der Waals surface area contributed by atoms with E-state index in [0.717, 1.165) is 5.56 Å². The first-order valence-corrected chi connectivity index (χ1v) is 8.16. The van der Waals surface area contributed by atoms with Crippen molar-refractivity contribution in [3.8, 4) is 0 Å². The van der Waals surface area contributed by atoms with Crippen LogP contribution in [-0.4, -0.2) is 11.6 Å². The maximum absolute atomic E-state index is 12.8. The normalized spacial score (nSPS) is 11.7. The van der Waals surface area contributed by atoms with Gasteiger partial charge in [-0.15, -0.1) is 0 Å². The summed E-state index contributed by atoms with van der Waals surface area (Å²) in [6, 6.07) is 23.4. The van der Waals surface area contributed by atoms with Gasteiger partial charge in [-0.3, -0.25) is 9.59 Å². The Labute approximate surface area is 147 Å². The molecule has 2 N–H and O–H groups in total. The summed E-state index contributed by atoms with van der Waals surface area (Å²) in [6.07, 6.45) is 0. The molecule has 3 nitrogen and oxygen atoms in total. The second kappa shape index (κ2) is 7.14. The fraction of sp³-hybridized carbons (Fsp3) is 0.0909. The molecule has 0 aliphatic rings. The number of para-hydroxylation sites is 1. The number of carbonyl (C=O) groups is 2. The van der Waals surface area contributed by atoms with Gasteiger partial charge in [0.25, 0.3) is 0 Å². The van der Waals surface area contributed by atoms with Crippen molar-refractivity contribution >= 4 is 17.3 Å². The lowest BCUT2D eigenvalue weighted by molar-refractivity contribution is 0.0965. The average molecular weight is 329 g/mol. The number of hydrogen-bond acceptors (Lipinski definition) is 3. The molecule has 0 amide bonds.